The standard InChI is InChI=1S/C21H21N3O2/c1-26-14-13-23-11-10-19(22-23)21(25)24-12-9-18-15-17(7-8-20(18)24)16-5-3-2-4-6-16/h2-8,10-11,15H,9,12-14H2,1H3. The van der Waals surface area contributed by atoms with Gasteiger partial charge in [-0.25, -0.2) is 0 Å². The van der Waals surface area contributed by atoms with E-state index in [4.69, 9.17) is 4.74 Å². The van der Waals surface area contributed by atoms with Gasteiger partial charge in [0.1, 0.15) is 0 Å². The fourth-order valence-electron chi connectivity index (χ4n) is 3.35. The van der Waals surface area contributed by atoms with Gasteiger partial charge in [-0.2, -0.15) is 5.10 Å². The number of hydrogen-bond acceptors (Lipinski definition) is 3. The first kappa shape index (κ1) is 16.5. The predicted molar refractivity (Wildman–Crippen MR) is 101 cm³/mol. The number of amides is 1. The van der Waals surface area contributed by atoms with E-state index in [0.717, 1.165) is 12.1 Å². The van der Waals surface area contributed by atoms with Crippen molar-refractivity contribution in [2.24, 2.45) is 0 Å². The Bertz CT molecular complexity index is 918. The second kappa shape index (κ2) is 7.14. The molecule has 0 fully saturated rings. The zero-order valence-corrected chi connectivity index (χ0v) is 14.8. The highest BCUT2D eigenvalue weighted by Crippen LogP contribution is 2.33. The molecule has 0 spiro atoms. The lowest BCUT2D eigenvalue weighted by atomic mass is 10.0. The molecule has 2 heterocycles. The number of hydrogen-bond donors (Lipinski definition) is 0. The van der Waals surface area contributed by atoms with Crippen LogP contribution < -0.4 is 4.90 Å². The molecule has 5 nitrogen and oxygen atoms in total. The average Bonchev–Trinajstić information content (AvgIpc) is 3.33. The maximum Gasteiger partial charge on any atom is 0.278 e. The highest BCUT2D eigenvalue weighted by atomic mass is 16.5. The van der Waals surface area contributed by atoms with E-state index in [1.807, 2.05) is 35.4 Å². The molecule has 0 saturated heterocycles. The molecule has 1 amide bonds. The van der Waals surface area contributed by atoms with E-state index in [1.165, 1.54) is 16.7 Å². The summed E-state index contributed by atoms with van der Waals surface area (Å²) in [4.78, 5) is 14.7. The molecule has 0 unspecified atom stereocenters. The van der Waals surface area contributed by atoms with Crippen molar-refractivity contribution in [3.05, 3.63) is 72.1 Å². The number of fused-ring (bicyclic) bond motifs is 1. The summed E-state index contributed by atoms with van der Waals surface area (Å²) < 4.78 is 6.80. The predicted octanol–water partition coefficient (Wildman–Crippen LogP) is 3.40. The fourth-order valence-corrected chi connectivity index (χ4v) is 3.35. The van der Waals surface area contributed by atoms with Gasteiger partial charge in [0.25, 0.3) is 5.91 Å². The van der Waals surface area contributed by atoms with Crippen LogP contribution in [-0.4, -0.2) is 35.9 Å². The Labute approximate surface area is 152 Å². The summed E-state index contributed by atoms with van der Waals surface area (Å²) in [5, 5.41) is 4.38. The SMILES string of the molecule is COCCn1ccc(C(=O)N2CCc3cc(-c4ccccc4)ccc32)n1. The van der Waals surface area contributed by atoms with Crippen molar-refractivity contribution in [3.63, 3.8) is 0 Å². The van der Waals surface area contributed by atoms with Crippen molar-refractivity contribution in [1.82, 2.24) is 9.78 Å². The van der Waals surface area contributed by atoms with Gasteiger partial charge >= 0.3 is 0 Å². The third kappa shape index (κ3) is 3.13. The molecule has 5 heteroatoms. The largest absolute Gasteiger partial charge is 0.383 e. The number of ether oxygens (including phenoxy) is 1. The number of methoxy groups -OCH3 is 1. The lowest BCUT2D eigenvalue weighted by Gasteiger charge is -2.16. The number of aromatic nitrogens is 2. The van der Waals surface area contributed by atoms with Gasteiger partial charge in [0.15, 0.2) is 5.69 Å². The van der Waals surface area contributed by atoms with Crippen LogP contribution in [0.2, 0.25) is 0 Å². The first-order valence-electron chi connectivity index (χ1n) is 8.79. The minimum Gasteiger partial charge on any atom is -0.383 e. The van der Waals surface area contributed by atoms with Crippen molar-refractivity contribution in [2.45, 2.75) is 13.0 Å². The van der Waals surface area contributed by atoms with E-state index < -0.39 is 0 Å². The van der Waals surface area contributed by atoms with Crippen LogP contribution in [0, 0.1) is 0 Å². The smallest absolute Gasteiger partial charge is 0.278 e. The Hall–Kier alpha value is -2.92. The van der Waals surface area contributed by atoms with Crippen LogP contribution in [0.5, 0.6) is 0 Å². The van der Waals surface area contributed by atoms with Crippen LogP contribution in [0.15, 0.2) is 60.8 Å². The van der Waals surface area contributed by atoms with Crippen LogP contribution in [0.25, 0.3) is 11.1 Å². The maximum absolute atomic E-state index is 12.9. The zero-order chi connectivity index (χ0) is 17.9. The van der Waals surface area contributed by atoms with Crippen LogP contribution in [0.3, 0.4) is 0 Å². The van der Waals surface area contributed by atoms with Crippen LogP contribution in [0.4, 0.5) is 5.69 Å². The molecule has 1 aliphatic rings. The van der Waals surface area contributed by atoms with E-state index in [9.17, 15) is 4.79 Å². The number of carbonyl (C=O) groups is 1. The molecule has 0 N–H and O–H groups in total. The Morgan fingerprint density at radius 3 is 2.77 bits per heavy atom. The number of anilines is 1. The van der Waals surface area contributed by atoms with Crippen molar-refractivity contribution in [1.29, 1.82) is 0 Å². The molecule has 0 aliphatic carbocycles. The van der Waals surface area contributed by atoms with E-state index in [2.05, 4.69) is 29.4 Å². The first-order valence-corrected chi connectivity index (χ1v) is 8.79. The summed E-state index contributed by atoms with van der Waals surface area (Å²) in [5.74, 6) is -0.0487. The van der Waals surface area contributed by atoms with Crippen molar-refractivity contribution >= 4 is 11.6 Å². The molecule has 0 saturated carbocycles. The third-order valence-electron chi connectivity index (χ3n) is 4.71. The Morgan fingerprint density at radius 1 is 1.12 bits per heavy atom. The quantitative estimate of drug-likeness (QED) is 0.711. The second-order valence-electron chi connectivity index (χ2n) is 6.37. The molecule has 3 aromatic rings. The molecule has 0 atom stereocenters. The van der Waals surface area contributed by atoms with Gasteiger partial charge < -0.3 is 9.64 Å². The van der Waals surface area contributed by atoms with Crippen LogP contribution >= 0.6 is 0 Å². The second-order valence-corrected chi connectivity index (χ2v) is 6.37. The zero-order valence-electron chi connectivity index (χ0n) is 14.8. The van der Waals surface area contributed by atoms with Gasteiger partial charge in [0, 0.05) is 25.5 Å². The Kier molecular flexibility index (Phi) is 4.54. The third-order valence-corrected chi connectivity index (χ3v) is 4.71. The van der Waals surface area contributed by atoms with Gasteiger partial charge in [-0.05, 0) is 41.3 Å². The number of nitrogens with zero attached hydrogens (tertiary/aromatic N) is 3. The summed E-state index contributed by atoms with van der Waals surface area (Å²) in [6.07, 6.45) is 2.69. The number of benzene rings is 2. The first-order chi connectivity index (χ1) is 12.8. The number of rotatable bonds is 5. The normalized spacial score (nSPS) is 13.0. The van der Waals surface area contributed by atoms with Gasteiger partial charge in [-0.3, -0.25) is 9.48 Å². The molecule has 0 bridgehead atoms. The molecule has 2 aromatic carbocycles. The van der Waals surface area contributed by atoms with Crippen LogP contribution in [0.1, 0.15) is 16.1 Å². The monoisotopic (exact) mass is 347 g/mol. The van der Waals surface area contributed by atoms with Gasteiger partial charge in [-0.1, -0.05) is 36.4 Å². The van der Waals surface area contributed by atoms with Gasteiger partial charge in [-0.15, -0.1) is 0 Å². The molecule has 0 radical (unpaired) electrons. The van der Waals surface area contributed by atoms with Gasteiger partial charge in [0.2, 0.25) is 0 Å². The Balaban J connectivity index is 1.56. The highest BCUT2D eigenvalue weighted by molar-refractivity contribution is 6.06. The molecule has 1 aromatic heterocycles. The summed E-state index contributed by atoms with van der Waals surface area (Å²) in [7, 11) is 1.65. The molecule has 26 heavy (non-hydrogen) atoms. The van der Waals surface area contributed by atoms with E-state index in [-0.39, 0.29) is 5.91 Å². The topological polar surface area (TPSA) is 47.4 Å². The molecular weight excluding hydrogens is 326 g/mol. The van der Waals surface area contributed by atoms with Crippen molar-refractivity contribution in [3.8, 4) is 11.1 Å². The highest BCUT2D eigenvalue weighted by Gasteiger charge is 2.27. The average molecular weight is 347 g/mol. The minimum atomic E-state index is -0.0487. The summed E-state index contributed by atoms with van der Waals surface area (Å²) in [5.41, 5.74) is 5.04. The van der Waals surface area contributed by atoms with Crippen molar-refractivity contribution < 1.29 is 9.53 Å². The molecular formula is C21H21N3O2. The maximum atomic E-state index is 12.9. The number of carbonyl (C=O) groups excluding carboxylic acids is 1. The van der Waals surface area contributed by atoms with Crippen molar-refractivity contribution in [2.75, 3.05) is 25.2 Å². The van der Waals surface area contributed by atoms with E-state index in [0.29, 0.717) is 25.4 Å². The summed E-state index contributed by atoms with van der Waals surface area (Å²) >= 11 is 0. The minimum absolute atomic E-state index is 0.0487. The van der Waals surface area contributed by atoms with Gasteiger partial charge in [0.05, 0.1) is 13.2 Å². The van der Waals surface area contributed by atoms with Crippen LogP contribution in [-0.2, 0) is 17.7 Å². The Morgan fingerprint density at radius 2 is 1.96 bits per heavy atom. The molecule has 4 rings (SSSR count). The summed E-state index contributed by atoms with van der Waals surface area (Å²) in [6.45, 7) is 1.91. The van der Waals surface area contributed by atoms with E-state index >= 15 is 0 Å². The lowest BCUT2D eigenvalue weighted by molar-refractivity contribution is 0.0983. The molecule has 132 valence electrons. The molecule has 1 aliphatic heterocycles. The lowest BCUT2D eigenvalue weighted by Crippen LogP contribution is -2.29. The van der Waals surface area contributed by atoms with E-state index in [1.54, 1.807) is 17.9 Å². The summed E-state index contributed by atoms with van der Waals surface area (Å²) in [6, 6.07) is 18.4. The fraction of sp³-hybridized carbons (Fsp3) is 0.238.